The molecule has 1 aliphatic rings. The zero-order valence-electron chi connectivity index (χ0n) is 19.7. The number of rotatable bonds is 6. The Morgan fingerprint density at radius 1 is 1.17 bits per heavy atom. The van der Waals surface area contributed by atoms with Crippen molar-refractivity contribution in [1.82, 2.24) is 19.8 Å². The van der Waals surface area contributed by atoms with Gasteiger partial charge in [-0.1, -0.05) is 18.2 Å². The van der Waals surface area contributed by atoms with Gasteiger partial charge < -0.3 is 14.4 Å². The quantitative estimate of drug-likeness (QED) is 0.534. The number of methoxy groups -OCH3 is 1. The molecule has 0 N–H and O–H groups in total. The molecular formula is C26H26FN5O3. The maximum absolute atomic E-state index is 13.5. The molecule has 1 amide bonds. The molecule has 35 heavy (non-hydrogen) atoms. The summed E-state index contributed by atoms with van der Waals surface area (Å²) in [6.07, 6.45) is 1.37. The summed E-state index contributed by atoms with van der Waals surface area (Å²) < 4.78 is 24.4. The molecule has 1 saturated heterocycles. The van der Waals surface area contributed by atoms with E-state index in [2.05, 4.69) is 20.9 Å². The molecular weight excluding hydrogens is 449 g/mol. The molecule has 1 aliphatic heterocycles. The highest BCUT2D eigenvalue weighted by atomic mass is 19.1. The van der Waals surface area contributed by atoms with Crippen LogP contribution in [0.5, 0.6) is 5.88 Å². The van der Waals surface area contributed by atoms with Crippen molar-refractivity contribution in [3.8, 4) is 34.5 Å². The van der Waals surface area contributed by atoms with Crippen LogP contribution in [0.15, 0.2) is 48.7 Å². The Bertz CT molecular complexity index is 1230. The molecule has 0 atom stereocenters. The van der Waals surface area contributed by atoms with E-state index in [1.165, 1.54) is 19.2 Å². The van der Waals surface area contributed by atoms with Crippen LogP contribution < -0.4 is 4.74 Å². The number of aromatic nitrogens is 2. The van der Waals surface area contributed by atoms with Crippen molar-refractivity contribution < 1.29 is 18.7 Å². The van der Waals surface area contributed by atoms with Gasteiger partial charge in [0.15, 0.2) is 0 Å². The Morgan fingerprint density at radius 2 is 1.91 bits per heavy atom. The first-order valence-corrected chi connectivity index (χ1v) is 11.3. The van der Waals surface area contributed by atoms with E-state index in [4.69, 9.17) is 9.47 Å². The number of halogens is 1. The predicted octanol–water partition coefficient (Wildman–Crippen LogP) is 3.89. The van der Waals surface area contributed by atoms with Gasteiger partial charge in [-0.2, -0.15) is 5.26 Å². The number of nitriles is 1. The molecule has 3 heterocycles. The molecule has 0 unspecified atom stereocenters. The zero-order valence-corrected chi connectivity index (χ0v) is 19.7. The number of amides is 1. The van der Waals surface area contributed by atoms with Gasteiger partial charge >= 0.3 is 6.09 Å². The van der Waals surface area contributed by atoms with Crippen LogP contribution in [-0.4, -0.2) is 72.3 Å². The van der Waals surface area contributed by atoms with Gasteiger partial charge in [0, 0.05) is 44.5 Å². The third kappa shape index (κ3) is 5.55. The minimum atomic E-state index is -0.356. The van der Waals surface area contributed by atoms with Gasteiger partial charge in [-0.25, -0.2) is 14.2 Å². The van der Waals surface area contributed by atoms with E-state index in [-0.39, 0.29) is 23.4 Å². The fraction of sp³-hybridized carbons (Fsp3) is 0.308. The lowest BCUT2D eigenvalue weighted by Crippen LogP contribution is -2.49. The number of carbonyl (C=O) groups excluding carboxylic acids is 1. The number of nitrogens with zero attached hydrogens (tertiary/aromatic N) is 5. The molecule has 0 radical (unpaired) electrons. The van der Waals surface area contributed by atoms with Crippen LogP contribution in [0.2, 0.25) is 0 Å². The zero-order chi connectivity index (χ0) is 24.8. The molecule has 1 aromatic carbocycles. The summed E-state index contributed by atoms with van der Waals surface area (Å²) in [4.78, 5) is 24.6. The molecule has 0 spiro atoms. The van der Waals surface area contributed by atoms with Crippen molar-refractivity contribution in [2.45, 2.75) is 6.92 Å². The van der Waals surface area contributed by atoms with Gasteiger partial charge in [-0.15, -0.1) is 0 Å². The first-order valence-electron chi connectivity index (χ1n) is 11.3. The highest BCUT2D eigenvalue weighted by Gasteiger charge is 2.22. The first kappa shape index (κ1) is 24.1. The van der Waals surface area contributed by atoms with Crippen LogP contribution in [0.25, 0.3) is 22.5 Å². The number of piperazine rings is 1. The summed E-state index contributed by atoms with van der Waals surface area (Å²) in [5.74, 6) is -0.145. The van der Waals surface area contributed by atoms with Gasteiger partial charge in [0.1, 0.15) is 24.1 Å². The van der Waals surface area contributed by atoms with Crippen LogP contribution >= 0.6 is 0 Å². The minimum Gasteiger partial charge on any atom is -0.475 e. The third-order valence-electron chi connectivity index (χ3n) is 5.96. The molecule has 9 heteroatoms. The molecule has 3 aromatic rings. The van der Waals surface area contributed by atoms with Crippen LogP contribution in [0.3, 0.4) is 0 Å². The summed E-state index contributed by atoms with van der Waals surface area (Å²) in [5, 5.41) is 9.96. The number of benzene rings is 1. The van der Waals surface area contributed by atoms with Crippen LogP contribution in [0, 0.1) is 24.1 Å². The van der Waals surface area contributed by atoms with E-state index in [1.54, 1.807) is 29.3 Å². The fourth-order valence-corrected chi connectivity index (χ4v) is 4.02. The Labute approximate surface area is 203 Å². The highest BCUT2D eigenvalue weighted by Crippen LogP contribution is 2.33. The Hall–Kier alpha value is -4.03. The summed E-state index contributed by atoms with van der Waals surface area (Å²) >= 11 is 0. The second kappa shape index (κ2) is 10.9. The topological polar surface area (TPSA) is 91.6 Å². The van der Waals surface area contributed by atoms with E-state index < -0.39 is 0 Å². The largest absolute Gasteiger partial charge is 0.475 e. The molecule has 4 rings (SSSR count). The Kier molecular flexibility index (Phi) is 7.53. The van der Waals surface area contributed by atoms with Crippen molar-refractivity contribution in [3.63, 3.8) is 0 Å². The maximum Gasteiger partial charge on any atom is 0.409 e. The lowest BCUT2D eigenvalue weighted by molar-refractivity contribution is 0.0857. The highest BCUT2D eigenvalue weighted by molar-refractivity contribution is 5.77. The lowest BCUT2D eigenvalue weighted by Gasteiger charge is -2.33. The summed E-state index contributed by atoms with van der Waals surface area (Å²) in [7, 11) is 1.38. The molecule has 0 saturated carbocycles. The molecule has 2 aromatic heterocycles. The third-order valence-corrected chi connectivity index (χ3v) is 5.96. The average Bonchev–Trinajstić information content (AvgIpc) is 2.89. The normalized spacial score (nSPS) is 13.8. The van der Waals surface area contributed by atoms with E-state index in [9.17, 15) is 14.4 Å². The lowest BCUT2D eigenvalue weighted by atomic mass is 9.99. The van der Waals surface area contributed by atoms with Crippen molar-refractivity contribution >= 4 is 6.09 Å². The standard InChI is InChI=1S/C26H26FN5O3/c1-18-4-3-9-29-24(18)23-16-21(19-5-7-20(27)8-6-19)22(17-28)25(30-23)35-15-14-31-10-12-32(13-11-31)26(33)34-2/h3-9,16H,10-15H2,1-2H3. The number of ether oxygens (including phenoxy) is 2. The van der Waals surface area contributed by atoms with Gasteiger partial charge in [0.05, 0.1) is 18.5 Å². The first-order chi connectivity index (χ1) is 17.0. The van der Waals surface area contributed by atoms with Gasteiger partial charge in [0.25, 0.3) is 0 Å². The van der Waals surface area contributed by atoms with Gasteiger partial charge in [-0.3, -0.25) is 9.88 Å². The second-order valence-corrected chi connectivity index (χ2v) is 8.17. The van der Waals surface area contributed by atoms with Crippen LogP contribution in [0.1, 0.15) is 11.1 Å². The summed E-state index contributed by atoms with van der Waals surface area (Å²) in [5.41, 5.74) is 3.76. The van der Waals surface area contributed by atoms with E-state index >= 15 is 0 Å². The average molecular weight is 476 g/mol. The second-order valence-electron chi connectivity index (χ2n) is 8.17. The molecule has 0 bridgehead atoms. The number of hydrogen-bond donors (Lipinski definition) is 0. The van der Waals surface area contributed by atoms with Gasteiger partial charge in [0.2, 0.25) is 5.88 Å². The summed E-state index contributed by atoms with van der Waals surface area (Å²) in [6, 6.07) is 13.8. The number of pyridine rings is 2. The molecule has 8 nitrogen and oxygen atoms in total. The van der Waals surface area contributed by atoms with E-state index in [0.29, 0.717) is 61.8 Å². The van der Waals surface area contributed by atoms with E-state index in [1.807, 2.05) is 19.1 Å². The van der Waals surface area contributed by atoms with Crippen molar-refractivity contribution in [2.24, 2.45) is 0 Å². The number of hydrogen-bond acceptors (Lipinski definition) is 7. The van der Waals surface area contributed by atoms with Crippen molar-refractivity contribution in [2.75, 3.05) is 46.4 Å². The summed E-state index contributed by atoms with van der Waals surface area (Å²) in [6.45, 7) is 5.42. The monoisotopic (exact) mass is 475 g/mol. The van der Waals surface area contributed by atoms with E-state index in [0.717, 1.165) is 5.56 Å². The Morgan fingerprint density at radius 3 is 2.57 bits per heavy atom. The molecule has 1 fully saturated rings. The van der Waals surface area contributed by atoms with Crippen molar-refractivity contribution in [3.05, 3.63) is 65.6 Å². The fourth-order valence-electron chi connectivity index (χ4n) is 4.02. The van der Waals surface area contributed by atoms with Crippen LogP contribution in [-0.2, 0) is 4.74 Å². The minimum absolute atomic E-state index is 0.211. The smallest absolute Gasteiger partial charge is 0.409 e. The SMILES string of the molecule is COC(=O)N1CCN(CCOc2nc(-c3ncccc3C)cc(-c3ccc(F)cc3)c2C#N)CC1. The van der Waals surface area contributed by atoms with Gasteiger partial charge in [-0.05, 0) is 42.3 Å². The molecule has 180 valence electrons. The predicted molar refractivity (Wildman–Crippen MR) is 128 cm³/mol. The maximum atomic E-state index is 13.5. The van der Waals surface area contributed by atoms with Crippen molar-refractivity contribution in [1.29, 1.82) is 5.26 Å². The number of carbonyl (C=O) groups is 1. The van der Waals surface area contributed by atoms with Crippen LogP contribution in [0.4, 0.5) is 9.18 Å². The molecule has 0 aliphatic carbocycles. The Balaban J connectivity index is 1.58. The number of aryl methyl sites for hydroxylation is 1.